The largest absolute Gasteiger partial charge is 0.269 e. The number of nitrogens with one attached hydrogen (secondary N) is 1. The zero-order valence-electron chi connectivity index (χ0n) is 12.7. The zero-order valence-corrected chi connectivity index (χ0v) is 13.5. The Morgan fingerprint density at radius 2 is 1.96 bits per heavy atom. The van der Waals surface area contributed by atoms with Crippen molar-refractivity contribution in [1.29, 1.82) is 0 Å². The van der Waals surface area contributed by atoms with Crippen LogP contribution in [0.4, 0.5) is 8.78 Å². The summed E-state index contributed by atoms with van der Waals surface area (Å²) in [5.41, 5.74) is 0.965. The number of nitrogens with zero attached hydrogens (tertiary/aromatic N) is 2. The van der Waals surface area contributed by atoms with Crippen LogP contribution in [0.5, 0.6) is 0 Å². The normalized spacial score (nSPS) is 11.5. The van der Waals surface area contributed by atoms with Gasteiger partial charge in [0.25, 0.3) is 15.9 Å². The van der Waals surface area contributed by atoms with Crippen molar-refractivity contribution in [3.05, 3.63) is 46.8 Å². The van der Waals surface area contributed by atoms with Gasteiger partial charge in [-0.05, 0) is 32.9 Å². The highest BCUT2D eigenvalue weighted by Gasteiger charge is 2.26. The van der Waals surface area contributed by atoms with Crippen molar-refractivity contribution in [2.75, 3.05) is 0 Å². The van der Waals surface area contributed by atoms with E-state index in [0.717, 1.165) is 12.1 Å². The number of carbonyl (C=O) groups is 1. The van der Waals surface area contributed by atoms with Crippen molar-refractivity contribution in [2.45, 2.75) is 32.2 Å². The van der Waals surface area contributed by atoms with E-state index < -0.39 is 32.5 Å². The summed E-state index contributed by atoms with van der Waals surface area (Å²) in [6, 6.07) is 1.99. The van der Waals surface area contributed by atoms with Gasteiger partial charge < -0.3 is 0 Å². The minimum atomic E-state index is -4.46. The third-order valence-electron chi connectivity index (χ3n) is 3.32. The molecule has 1 heterocycles. The van der Waals surface area contributed by atoms with Crippen LogP contribution in [0.1, 0.15) is 28.7 Å². The Hall–Kier alpha value is -2.29. The fraction of sp³-hybridized carbons (Fsp3) is 0.286. The molecule has 1 N–H and O–H groups in total. The van der Waals surface area contributed by atoms with Gasteiger partial charge >= 0.3 is 0 Å². The van der Waals surface area contributed by atoms with Crippen LogP contribution in [0.25, 0.3) is 0 Å². The maximum atomic E-state index is 13.6. The van der Waals surface area contributed by atoms with E-state index in [2.05, 4.69) is 5.10 Å². The van der Waals surface area contributed by atoms with E-state index in [1.54, 1.807) is 23.3 Å². The summed E-state index contributed by atoms with van der Waals surface area (Å²) >= 11 is 0. The van der Waals surface area contributed by atoms with Gasteiger partial charge in [-0.3, -0.25) is 9.48 Å². The number of halogens is 2. The highest BCUT2D eigenvalue weighted by atomic mass is 32.2. The second kappa shape index (κ2) is 6.07. The maximum absolute atomic E-state index is 13.6. The number of hydrogen-bond donors (Lipinski definition) is 1. The summed E-state index contributed by atoms with van der Waals surface area (Å²) < 4.78 is 54.1. The van der Waals surface area contributed by atoms with Gasteiger partial charge in [-0.25, -0.2) is 21.9 Å². The summed E-state index contributed by atoms with van der Waals surface area (Å²) in [5, 5.41) is 4.12. The molecular formula is C14H15F2N3O3S. The van der Waals surface area contributed by atoms with E-state index in [1.807, 2.05) is 6.92 Å². The van der Waals surface area contributed by atoms with Crippen LogP contribution in [0.2, 0.25) is 0 Å². The lowest BCUT2D eigenvalue weighted by Gasteiger charge is -2.08. The molecule has 0 spiro atoms. The number of aromatic nitrogens is 2. The molecule has 0 unspecified atom stereocenters. The predicted molar refractivity (Wildman–Crippen MR) is 78.4 cm³/mol. The van der Waals surface area contributed by atoms with Crippen LogP contribution in [0.3, 0.4) is 0 Å². The number of hydrogen-bond acceptors (Lipinski definition) is 4. The fourth-order valence-electron chi connectivity index (χ4n) is 2.25. The van der Waals surface area contributed by atoms with E-state index in [9.17, 15) is 22.0 Å². The lowest BCUT2D eigenvalue weighted by molar-refractivity contribution is 0.0980. The number of sulfonamides is 1. The molecule has 0 aliphatic carbocycles. The van der Waals surface area contributed by atoms with Crippen LogP contribution >= 0.6 is 0 Å². The van der Waals surface area contributed by atoms with E-state index in [4.69, 9.17) is 0 Å². The monoisotopic (exact) mass is 343 g/mol. The van der Waals surface area contributed by atoms with Crippen LogP contribution in [-0.2, 0) is 16.6 Å². The molecule has 0 fully saturated rings. The van der Waals surface area contributed by atoms with Gasteiger partial charge in [0.1, 0.15) is 16.5 Å². The van der Waals surface area contributed by atoms with E-state index in [-0.39, 0.29) is 5.56 Å². The third-order valence-corrected chi connectivity index (χ3v) is 4.68. The predicted octanol–water partition coefficient (Wildman–Crippen LogP) is 1.92. The summed E-state index contributed by atoms with van der Waals surface area (Å²) in [5.74, 6) is -3.10. The summed E-state index contributed by atoms with van der Waals surface area (Å²) in [7, 11) is -4.46. The van der Waals surface area contributed by atoms with Crippen molar-refractivity contribution in [3.8, 4) is 0 Å². The van der Waals surface area contributed by atoms with Crippen molar-refractivity contribution < 1.29 is 22.0 Å². The van der Waals surface area contributed by atoms with Crippen molar-refractivity contribution >= 4 is 15.9 Å². The standard InChI is InChI=1S/C14H15F2N3O3S/c1-4-19-9(3)13(8(2)17-19)14(20)18-23(21,22)12-6-5-10(15)7-11(12)16/h5-7H,4H2,1-3H3,(H,18,20). The minimum absolute atomic E-state index is 0.109. The molecule has 0 atom stereocenters. The number of rotatable bonds is 4. The highest BCUT2D eigenvalue weighted by Crippen LogP contribution is 2.18. The average molecular weight is 343 g/mol. The Morgan fingerprint density at radius 1 is 1.30 bits per heavy atom. The number of benzene rings is 1. The van der Waals surface area contributed by atoms with Gasteiger partial charge in [-0.2, -0.15) is 5.10 Å². The summed E-state index contributed by atoms with van der Waals surface area (Å²) in [6.07, 6.45) is 0. The van der Waals surface area contributed by atoms with E-state index in [0.29, 0.717) is 24.0 Å². The first-order valence-corrected chi connectivity index (χ1v) is 8.22. The van der Waals surface area contributed by atoms with Crippen LogP contribution < -0.4 is 4.72 Å². The van der Waals surface area contributed by atoms with Crippen molar-refractivity contribution in [2.24, 2.45) is 0 Å². The molecule has 0 saturated heterocycles. The molecule has 1 amide bonds. The fourth-order valence-corrected chi connectivity index (χ4v) is 3.27. The second-order valence-electron chi connectivity index (χ2n) is 4.87. The molecule has 124 valence electrons. The number of carbonyl (C=O) groups excluding carboxylic acids is 1. The molecular weight excluding hydrogens is 328 g/mol. The first-order chi connectivity index (χ1) is 10.7. The molecule has 1 aromatic carbocycles. The molecule has 0 saturated carbocycles. The molecule has 2 aromatic rings. The molecule has 23 heavy (non-hydrogen) atoms. The highest BCUT2D eigenvalue weighted by molar-refractivity contribution is 7.90. The van der Waals surface area contributed by atoms with E-state index >= 15 is 0 Å². The zero-order chi connectivity index (χ0) is 17.4. The first-order valence-electron chi connectivity index (χ1n) is 6.73. The minimum Gasteiger partial charge on any atom is -0.269 e. The Morgan fingerprint density at radius 3 is 2.48 bits per heavy atom. The van der Waals surface area contributed by atoms with Gasteiger partial charge in [-0.1, -0.05) is 0 Å². The Labute approximate surface area is 132 Å². The molecule has 0 aliphatic rings. The van der Waals surface area contributed by atoms with Crippen molar-refractivity contribution in [3.63, 3.8) is 0 Å². The van der Waals surface area contributed by atoms with Crippen LogP contribution in [0, 0.1) is 25.5 Å². The molecule has 0 radical (unpaired) electrons. The quantitative estimate of drug-likeness (QED) is 0.920. The maximum Gasteiger partial charge on any atom is 0.268 e. The van der Waals surface area contributed by atoms with Crippen molar-refractivity contribution in [1.82, 2.24) is 14.5 Å². The molecule has 6 nitrogen and oxygen atoms in total. The average Bonchev–Trinajstić information content (AvgIpc) is 2.72. The lowest BCUT2D eigenvalue weighted by atomic mass is 10.2. The topological polar surface area (TPSA) is 81.1 Å². The molecule has 1 aromatic heterocycles. The number of amides is 1. The Kier molecular flexibility index (Phi) is 4.51. The van der Waals surface area contributed by atoms with Gasteiger partial charge in [0, 0.05) is 18.3 Å². The van der Waals surface area contributed by atoms with Crippen LogP contribution in [0.15, 0.2) is 23.1 Å². The first kappa shape index (κ1) is 17.1. The van der Waals surface area contributed by atoms with E-state index in [1.165, 1.54) is 0 Å². The van der Waals surface area contributed by atoms with Gasteiger partial charge in [-0.15, -0.1) is 0 Å². The molecule has 0 bridgehead atoms. The van der Waals surface area contributed by atoms with Gasteiger partial charge in [0.05, 0.1) is 11.3 Å². The summed E-state index contributed by atoms with van der Waals surface area (Å²) in [6.45, 7) is 5.54. The Bertz CT molecular complexity index is 876. The molecule has 0 aliphatic heterocycles. The van der Waals surface area contributed by atoms with Gasteiger partial charge in [0.2, 0.25) is 0 Å². The Balaban J connectivity index is 2.38. The molecule has 2 rings (SSSR count). The summed E-state index contributed by atoms with van der Waals surface area (Å²) in [4.78, 5) is 11.4. The lowest BCUT2D eigenvalue weighted by Crippen LogP contribution is -2.32. The SMILES string of the molecule is CCn1nc(C)c(C(=O)NS(=O)(=O)c2ccc(F)cc2F)c1C. The second-order valence-corrected chi connectivity index (χ2v) is 6.52. The van der Waals surface area contributed by atoms with Gasteiger partial charge in [0.15, 0.2) is 0 Å². The van der Waals surface area contributed by atoms with Crippen LogP contribution in [-0.4, -0.2) is 24.1 Å². The third kappa shape index (κ3) is 3.24. The number of aryl methyl sites for hydroxylation is 2. The molecule has 9 heteroatoms. The smallest absolute Gasteiger partial charge is 0.268 e.